The van der Waals surface area contributed by atoms with E-state index in [0.717, 1.165) is 24.4 Å². The van der Waals surface area contributed by atoms with Crippen LogP contribution in [0.15, 0.2) is 77.1 Å². The minimum absolute atomic E-state index is 0.596. The van der Waals surface area contributed by atoms with E-state index < -0.39 is 0 Å². The van der Waals surface area contributed by atoms with E-state index >= 15 is 0 Å². The molecule has 1 aliphatic heterocycles. The summed E-state index contributed by atoms with van der Waals surface area (Å²) in [6, 6.07) is 20.8. The molecule has 0 amide bonds. The van der Waals surface area contributed by atoms with Gasteiger partial charge in [0, 0.05) is 17.0 Å². The van der Waals surface area contributed by atoms with Gasteiger partial charge in [0.2, 0.25) is 0 Å². The molecule has 1 aliphatic rings. The van der Waals surface area contributed by atoms with Crippen molar-refractivity contribution >= 4 is 23.1 Å². The van der Waals surface area contributed by atoms with Crippen molar-refractivity contribution in [3.63, 3.8) is 0 Å². The van der Waals surface area contributed by atoms with E-state index in [1.165, 1.54) is 21.6 Å². The molecule has 0 atom stereocenters. The number of nitrogens with zero attached hydrogens (tertiary/aromatic N) is 1. The lowest BCUT2D eigenvalue weighted by Crippen LogP contribution is -2.11. The molecule has 3 aromatic rings. The Balaban J connectivity index is 1.50. The number of benzene rings is 2. The van der Waals surface area contributed by atoms with Crippen LogP contribution in [0.25, 0.3) is 6.08 Å². The summed E-state index contributed by atoms with van der Waals surface area (Å²) >= 11 is 1.74. The Hall–Kier alpha value is -2.65. The maximum Gasteiger partial charge on any atom is 0.120 e. The van der Waals surface area contributed by atoms with E-state index in [1.807, 2.05) is 24.3 Å². The zero-order valence-corrected chi connectivity index (χ0v) is 14.7. The van der Waals surface area contributed by atoms with Gasteiger partial charge in [-0.3, -0.25) is 4.99 Å². The first-order valence-corrected chi connectivity index (χ1v) is 9.32. The summed E-state index contributed by atoms with van der Waals surface area (Å²) in [5.41, 5.74) is 4.77. The molecule has 0 radical (unpaired) electrons. The summed E-state index contributed by atoms with van der Waals surface area (Å²) < 4.78 is 5.96. The Kier molecular flexibility index (Phi) is 4.75. The van der Waals surface area contributed by atoms with Crippen LogP contribution >= 0.6 is 11.3 Å². The van der Waals surface area contributed by atoms with E-state index in [4.69, 9.17) is 4.74 Å². The zero-order chi connectivity index (χ0) is 16.9. The molecule has 2 aromatic carbocycles. The van der Waals surface area contributed by atoms with Crippen LogP contribution in [0.2, 0.25) is 0 Å². The molecular weight excluding hydrogens is 326 g/mol. The summed E-state index contributed by atoms with van der Waals surface area (Å²) in [7, 11) is 0. The van der Waals surface area contributed by atoms with Gasteiger partial charge in [0.25, 0.3) is 0 Å². The average Bonchev–Trinajstić information content (AvgIpc) is 3.19. The number of aliphatic imine (C=N–C) groups is 1. The molecule has 4 rings (SSSR count). The van der Waals surface area contributed by atoms with E-state index in [0.29, 0.717) is 6.61 Å². The van der Waals surface area contributed by atoms with Gasteiger partial charge >= 0.3 is 0 Å². The smallest absolute Gasteiger partial charge is 0.120 e. The van der Waals surface area contributed by atoms with Gasteiger partial charge in [-0.15, -0.1) is 11.3 Å². The van der Waals surface area contributed by atoms with Gasteiger partial charge in [0.15, 0.2) is 0 Å². The molecule has 2 heterocycles. The normalized spacial score (nSPS) is 13.5. The molecule has 3 heteroatoms. The maximum atomic E-state index is 5.96. The molecule has 124 valence electrons. The highest BCUT2D eigenvalue weighted by Gasteiger charge is 2.13. The first kappa shape index (κ1) is 15.9. The third-order valence-corrected chi connectivity index (χ3v) is 5.05. The van der Waals surface area contributed by atoms with Crippen LogP contribution in [0.5, 0.6) is 5.75 Å². The lowest BCUT2D eigenvalue weighted by molar-refractivity contribution is 0.306. The van der Waals surface area contributed by atoms with Crippen molar-refractivity contribution in [3.05, 3.63) is 93.7 Å². The van der Waals surface area contributed by atoms with E-state index in [9.17, 15) is 0 Å². The van der Waals surface area contributed by atoms with Crippen molar-refractivity contribution < 1.29 is 4.74 Å². The van der Waals surface area contributed by atoms with Crippen molar-refractivity contribution in [1.29, 1.82) is 0 Å². The fourth-order valence-electron chi connectivity index (χ4n) is 2.93. The SMILES string of the molecule is C(=Cc1cccs1)C1=NCCc2cc(OCc3ccccc3)ccc21. The lowest BCUT2D eigenvalue weighted by atomic mass is 9.97. The first-order chi connectivity index (χ1) is 12.4. The Morgan fingerprint density at radius 1 is 1.00 bits per heavy atom. The Bertz CT molecular complexity index is 895. The van der Waals surface area contributed by atoms with Crippen molar-refractivity contribution in [3.8, 4) is 5.75 Å². The first-order valence-electron chi connectivity index (χ1n) is 8.44. The highest BCUT2D eigenvalue weighted by Crippen LogP contribution is 2.24. The summed E-state index contributed by atoms with van der Waals surface area (Å²) in [6.07, 6.45) is 5.22. The topological polar surface area (TPSA) is 21.6 Å². The monoisotopic (exact) mass is 345 g/mol. The summed E-state index contributed by atoms with van der Waals surface area (Å²) in [5.74, 6) is 0.922. The predicted octanol–water partition coefficient (Wildman–Crippen LogP) is 5.39. The molecule has 0 aliphatic carbocycles. The highest BCUT2D eigenvalue weighted by molar-refractivity contribution is 7.10. The van der Waals surface area contributed by atoms with Crippen LogP contribution in [-0.2, 0) is 13.0 Å². The number of ether oxygens (including phenoxy) is 1. The average molecular weight is 345 g/mol. The molecule has 0 fully saturated rings. The van der Waals surface area contributed by atoms with Crippen molar-refractivity contribution in [1.82, 2.24) is 0 Å². The number of hydrogen-bond donors (Lipinski definition) is 0. The fraction of sp³-hybridized carbons (Fsp3) is 0.136. The molecule has 0 saturated heterocycles. The van der Waals surface area contributed by atoms with E-state index in [-0.39, 0.29) is 0 Å². The maximum absolute atomic E-state index is 5.96. The Labute approximate surface area is 152 Å². The van der Waals surface area contributed by atoms with Crippen molar-refractivity contribution in [2.45, 2.75) is 13.0 Å². The molecule has 0 unspecified atom stereocenters. The summed E-state index contributed by atoms with van der Waals surface area (Å²) in [4.78, 5) is 5.93. The molecule has 25 heavy (non-hydrogen) atoms. The summed E-state index contributed by atoms with van der Waals surface area (Å²) in [6.45, 7) is 1.43. The van der Waals surface area contributed by atoms with Crippen LogP contribution in [0, 0.1) is 0 Å². The standard InChI is InChI=1S/C22H19NOS/c1-2-5-17(6-3-1)16-24-19-8-10-21-18(15-19)12-13-23-22(21)11-9-20-7-4-14-25-20/h1-11,14-15H,12-13,16H2. The number of thiophene rings is 1. The molecule has 1 aromatic heterocycles. The van der Waals surface area contributed by atoms with Gasteiger partial charge in [-0.05, 0) is 59.3 Å². The minimum atomic E-state index is 0.596. The fourth-order valence-corrected chi connectivity index (χ4v) is 3.55. The quantitative estimate of drug-likeness (QED) is 0.608. The van der Waals surface area contributed by atoms with Crippen molar-refractivity contribution in [2.24, 2.45) is 4.99 Å². The van der Waals surface area contributed by atoms with Gasteiger partial charge < -0.3 is 4.74 Å². The second-order valence-electron chi connectivity index (χ2n) is 5.96. The molecule has 0 saturated carbocycles. The zero-order valence-electron chi connectivity index (χ0n) is 13.9. The molecule has 0 spiro atoms. The molecular formula is C22H19NOS. The van der Waals surface area contributed by atoms with E-state index in [1.54, 1.807) is 11.3 Å². The second kappa shape index (κ2) is 7.49. The lowest BCUT2D eigenvalue weighted by Gasteiger charge is -2.16. The Morgan fingerprint density at radius 3 is 2.76 bits per heavy atom. The van der Waals surface area contributed by atoms with Gasteiger partial charge in [-0.1, -0.05) is 36.4 Å². The van der Waals surface area contributed by atoms with Crippen LogP contribution in [-0.4, -0.2) is 12.3 Å². The van der Waals surface area contributed by atoms with Crippen LogP contribution < -0.4 is 4.74 Å². The third kappa shape index (κ3) is 3.89. The predicted molar refractivity (Wildman–Crippen MR) is 106 cm³/mol. The van der Waals surface area contributed by atoms with Gasteiger partial charge in [0.05, 0.1) is 5.71 Å². The largest absolute Gasteiger partial charge is 0.489 e. The second-order valence-corrected chi connectivity index (χ2v) is 6.94. The van der Waals surface area contributed by atoms with E-state index in [2.05, 4.69) is 58.9 Å². The summed E-state index contributed by atoms with van der Waals surface area (Å²) in [5, 5.41) is 2.09. The third-order valence-electron chi connectivity index (χ3n) is 4.21. The number of rotatable bonds is 5. The highest BCUT2D eigenvalue weighted by atomic mass is 32.1. The molecule has 0 bridgehead atoms. The Morgan fingerprint density at radius 2 is 1.92 bits per heavy atom. The number of fused-ring (bicyclic) bond motifs is 1. The van der Waals surface area contributed by atoms with Gasteiger partial charge in [-0.25, -0.2) is 0 Å². The molecule has 0 N–H and O–H groups in total. The number of hydrogen-bond acceptors (Lipinski definition) is 3. The molecule has 2 nitrogen and oxygen atoms in total. The van der Waals surface area contributed by atoms with Crippen LogP contribution in [0.1, 0.15) is 21.6 Å². The van der Waals surface area contributed by atoms with Gasteiger partial charge in [-0.2, -0.15) is 0 Å². The van der Waals surface area contributed by atoms with Crippen LogP contribution in [0.4, 0.5) is 0 Å². The van der Waals surface area contributed by atoms with Gasteiger partial charge in [0.1, 0.15) is 12.4 Å². The number of allylic oxidation sites excluding steroid dienone is 1. The van der Waals surface area contributed by atoms with Crippen LogP contribution in [0.3, 0.4) is 0 Å². The van der Waals surface area contributed by atoms with Crippen molar-refractivity contribution in [2.75, 3.05) is 6.54 Å². The minimum Gasteiger partial charge on any atom is -0.489 e.